The van der Waals surface area contributed by atoms with Crippen molar-refractivity contribution in [2.75, 3.05) is 0 Å². The van der Waals surface area contributed by atoms with Gasteiger partial charge in [0, 0.05) is 10.9 Å². The molecule has 0 spiro atoms. The van der Waals surface area contributed by atoms with E-state index < -0.39 is 0 Å². The molecule has 0 radical (unpaired) electrons. The number of halogens is 3. The van der Waals surface area contributed by atoms with Crippen LogP contribution in [0, 0.1) is 0 Å². The van der Waals surface area contributed by atoms with Crippen LogP contribution >= 0.6 is 39.1 Å². The van der Waals surface area contributed by atoms with Crippen LogP contribution in [-0.2, 0) is 5.88 Å². The van der Waals surface area contributed by atoms with Gasteiger partial charge in [-0.1, -0.05) is 48.0 Å². The first kappa shape index (κ1) is 14.7. The normalized spacial score (nSPS) is 10.8. The Balaban J connectivity index is 1.98. The number of benzene rings is 3. The zero-order valence-electron chi connectivity index (χ0n) is 10.9. The van der Waals surface area contributed by atoms with Crippen LogP contribution < -0.4 is 4.74 Å². The molecule has 0 saturated carbocycles. The molecule has 0 bridgehead atoms. The second kappa shape index (κ2) is 6.27. The molecule has 1 nitrogen and oxygen atoms in total. The smallest absolute Gasteiger partial charge is 0.142 e. The Bertz CT molecular complexity index is 802. The molecule has 106 valence electrons. The second-order valence-corrected chi connectivity index (χ2v) is 6.06. The summed E-state index contributed by atoms with van der Waals surface area (Å²) in [5, 5.41) is 2.88. The molecule has 0 fully saturated rings. The molecule has 0 atom stereocenters. The molecule has 0 aliphatic heterocycles. The van der Waals surface area contributed by atoms with Gasteiger partial charge >= 0.3 is 0 Å². The number of rotatable bonds is 3. The molecule has 3 rings (SSSR count). The zero-order chi connectivity index (χ0) is 14.8. The Morgan fingerprint density at radius 2 is 1.81 bits per heavy atom. The molecular formula is C17H11BrCl2O. The second-order valence-electron chi connectivity index (χ2n) is 4.59. The van der Waals surface area contributed by atoms with Crippen molar-refractivity contribution in [3.8, 4) is 11.5 Å². The van der Waals surface area contributed by atoms with E-state index in [9.17, 15) is 0 Å². The van der Waals surface area contributed by atoms with E-state index in [4.69, 9.17) is 27.9 Å². The van der Waals surface area contributed by atoms with Crippen LogP contribution in [0.1, 0.15) is 5.56 Å². The van der Waals surface area contributed by atoms with Gasteiger partial charge in [0.2, 0.25) is 0 Å². The third-order valence-electron chi connectivity index (χ3n) is 3.22. The van der Waals surface area contributed by atoms with Crippen LogP contribution in [0.4, 0.5) is 0 Å². The van der Waals surface area contributed by atoms with Crippen LogP contribution in [0.5, 0.6) is 11.5 Å². The van der Waals surface area contributed by atoms with Gasteiger partial charge in [0.05, 0.1) is 4.47 Å². The van der Waals surface area contributed by atoms with E-state index in [1.165, 1.54) is 0 Å². The summed E-state index contributed by atoms with van der Waals surface area (Å²) in [7, 11) is 0. The topological polar surface area (TPSA) is 9.23 Å². The maximum atomic E-state index is 6.15. The molecule has 0 aliphatic carbocycles. The molecular weight excluding hydrogens is 371 g/mol. The summed E-state index contributed by atoms with van der Waals surface area (Å²) in [5.74, 6) is 1.83. The molecule has 4 heteroatoms. The average molecular weight is 382 g/mol. The van der Waals surface area contributed by atoms with E-state index in [0.717, 1.165) is 26.6 Å². The maximum Gasteiger partial charge on any atom is 0.142 e. The highest BCUT2D eigenvalue weighted by atomic mass is 79.9. The largest absolute Gasteiger partial charge is 0.456 e. The predicted octanol–water partition coefficient (Wildman–Crippen LogP) is 6.79. The molecule has 3 aromatic carbocycles. The van der Waals surface area contributed by atoms with Crippen LogP contribution in [0.25, 0.3) is 10.8 Å². The van der Waals surface area contributed by atoms with E-state index >= 15 is 0 Å². The van der Waals surface area contributed by atoms with Crippen molar-refractivity contribution in [2.24, 2.45) is 0 Å². The minimum absolute atomic E-state index is 0.388. The zero-order valence-corrected chi connectivity index (χ0v) is 14.0. The number of ether oxygens (including phenoxy) is 1. The van der Waals surface area contributed by atoms with Gasteiger partial charge in [-0.05, 0) is 50.5 Å². The van der Waals surface area contributed by atoms with E-state index in [-0.39, 0.29) is 0 Å². The van der Waals surface area contributed by atoms with Crippen LogP contribution in [0.15, 0.2) is 59.1 Å². The summed E-state index contributed by atoms with van der Waals surface area (Å²) in [5.41, 5.74) is 0.892. The standard InChI is InChI=1S/C17H11BrCl2O/c18-17-14-4-2-1-3-11(14)6-8-16(17)21-13-7-5-12(10-19)15(20)9-13/h1-9H,10H2. The van der Waals surface area contributed by atoms with Crippen LogP contribution in [-0.4, -0.2) is 0 Å². The number of alkyl halides is 1. The van der Waals surface area contributed by atoms with Crippen LogP contribution in [0.2, 0.25) is 5.02 Å². The van der Waals surface area contributed by atoms with Gasteiger partial charge in [0.15, 0.2) is 0 Å². The highest BCUT2D eigenvalue weighted by Crippen LogP contribution is 2.36. The fourth-order valence-corrected chi connectivity index (χ4v) is 3.23. The van der Waals surface area contributed by atoms with Gasteiger partial charge in [-0.3, -0.25) is 0 Å². The van der Waals surface area contributed by atoms with Crippen LogP contribution in [0.3, 0.4) is 0 Å². The van der Waals surface area contributed by atoms with Gasteiger partial charge in [-0.15, -0.1) is 11.6 Å². The van der Waals surface area contributed by atoms with E-state index in [1.54, 1.807) is 6.07 Å². The van der Waals surface area contributed by atoms with Crippen molar-refractivity contribution in [1.82, 2.24) is 0 Å². The molecule has 0 aliphatic rings. The summed E-state index contributed by atoms with van der Waals surface area (Å²) < 4.78 is 6.85. The Morgan fingerprint density at radius 3 is 2.57 bits per heavy atom. The highest BCUT2D eigenvalue weighted by molar-refractivity contribution is 9.10. The molecule has 0 amide bonds. The molecule has 0 unspecified atom stereocenters. The van der Waals surface area contributed by atoms with Crippen molar-refractivity contribution in [1.29, 1.82) is 0 Å². The molecule has 0 heterocycles. The Labute approximate surface area is 141 Å². The van der Waals surface area contributed by atoms with Crippen molar-refractivity contribution < 1.29 is 4.74 Å². The van der Waals surface area contributed by atoms with Gasteiger partial charge in [-0.2, -0.15) is 0 Å². The predicted molar refractivity (Wildman–Crippen MR) is 92.7 cm³/mol. The van der Waals surface area contributed by atoms with Gasteiger partial charge in [-0.25, -0.2) is 0 Å². The monoisotopic (exact) mass is 380 g/mol. The Hall–Kier alpha value is -1.22. The van der Waals surface area contributed by atoms with Crippen molar-refractivity contribution >= 4 is 49.9 Å². The lowest BCUT2D eigenvalue weighted by Gasteiger charge is -2.11. The molecule has 0 N–H and O–H groups in total. The van der Waals surface area contributed by atoms with Crippen molar-refractivity contribution in [3.05, 3.63) is 69.7 Å². The minimum atomic E-state index is 0.388. The van der Waals surface area contributed by atoms with Gasteiger partial charge < -0.3 is 4.74 Å². The van der Waals surface area contributed by atoms with E-state index in [0.29, 0.717) is 16.7 Å². The summed E-state index contributed by atoms with van der Waals surface area (Å²) in [6.45, 7) is 0. The molecule has 0 saturated heterocycles. The average Bonchev–Trinajstić information content (AvgIpc) is 2.51. The SMILES string of the molecule is ClCc1ccc(Oc2ccc3ccccc3c2Br)cc1Cl. The molecule has 3 aromatic rings. The van der Waals surface area contributed by atoms with Gasteiger partial charge in [0.25, 0.3) is 0 Å². The maximum absolute atomic E-state index is 6.15. The third-order valence-corrected chi connectivity index (χ3v) is 4.68. The molecule has 0 aromatic heterocycles. The lowest BCUT2D eigenvalue weighted by Crippen LogP contribution is -1.88. The summed E-state index contributed by atoms with van der Waals surface area (Å²) in [6.07, 6.45) is 0. The summed E-state index contributed by atoms with van der Waals surface area (Å²) >= 11 is 15.6. The Kier molecular flexibility index (Phi) is 4.39. The lowest BCUT2D eigenvalue weighted by atomic mass is 10.1. The van der Waals surface area contributed by atoms with Gasteiger partial charge in [0.1, 0.15) is 11.5 Å². The fourth-order valence-electron chi connectivity index (χ4n) is 2.12. The first-order chi connectivity index (χ1) is 10.2. The fraction of sp³-hybridized carbons (Fsp3) is 0.0588. The van der Waals surface area contributed by atoms with Crippen molar-refractivity contribution in [3.63, 3.8) is 0 Å². The third kappa shape index (κ3) is 3.03. The summed E-state index contributed by atoms with van der Waals surface area (Å²) in [6, 6.07) is 17.6. The van der Waals surface area contributed by atoms with E-state index in [1.807, 2.05) is 36.4 Å². The Morgan fingerprint density at radius 1 is 1.00 bits per heavy atom. The van der Waals surface area contributed by atoms with Crippen molar-refractivity contribution in [2.45, 2.75) is 5.88 Å². The quantitative estimate of drug-likeness (QED) is 0.454. The summed E-state index contributed by atoms with van der Waals surface area (Å²) in [4.78, 5) is 0. The first-order valence-corrected chi connectivity index (χ1v) is 8.09. The number of hydrogen-bond acceptors (Lipinski definition) is 1. The molecule has 21 heavy (non-hydrogen) atoms. The van der Waals surface area contributed by atoms with E-state index in [2.05, 4.69) is 28.1 Å². The highest BCUT2D eigenvalue weighted by Gasteiger charge is 2.08. The lowest BCUT2D eigenvalue weighted by molar-refractivity contribution is 0.480. The first-order valence-electron chi connectivity index (χ1n) is 6.38. The number of hydrogen-bond donors (Lipinski definition) is 0. The minimum Gasteiger partial charge on any atom is -0.456 e. The number of fused-ring (bicyclic) bond motifs is 1.